The summed E-state index contributed by atoms with van der Waals surface area (Å²) in [4.78, 5) is 4.14. The Bertz CT molecular complexity index is 450. The van der Waals surface area contributed by atoms with Crippen LogP contribution in [0.2, 0.25) is 0 Å². The molecule has 3 nitrogen and oxygen atoms in total. The molecule has 0 saturated heterocycles. The van der Waals surface area contributed by atoms with E-state index < -0.39 is 0 Å². The van der Waals surface area contributed by atoms with Crippen LogP contribution in [-0.4, -0.2) is 19.6 Å². The lowest BCUT2D eigenvalue weighted by Gasteiger charge is -2.12. The normalized spacial score (nSPS) is 14.8. The van der Waals surface area contributed by atoms with Crippen molar-refractivity contribution in [3.8, 4) is 0 Å². The van der Waals surface area contributed by atoms with Crippen LogP contribution in [0.25, 0.3) is 0 Å². The van der Waals surface area contributed by atoms with Crippen LogP contribution in [-0.2, 0) is 6.54 Å². The first-order chi connectivity index (χ1) is 8.69. The Morgan fingerprint density at radius 3 is 2.79 bits per heavy atom. The molecular weight excluding hydrogens is 424 g/mol. The summed E-state index contributed by atoms with van der Waals surface area (Å²) in [5, 5.41) is 6.44. The van der Waals surface area contributed by atoms with Gasteiger partial charge in [0, 0.05) is 24.6 Å². The largest absolute Gasteiger partial charge is 0.356 e. The van der Waals surface area contributed by atoms with Gasteiger partial charge >= 0.3 is 0 Å². The van der Waals surface area contributed by atoms with E-state index in [4.69, 9.17) is 0 Å². The molecule has 0 aromatic heterocycles. The molecule has 0 heterocycles. The van der Waals surface area contributed by atoms with Crippen LogP contribution < -0.4 is 10.6 Å². The average molecular weight is 442 g/mol. The van der Waals surface area contributed by atoms with Gasteiger partial charge in [-0.15, -0.1) is 24.0 Å². The van der Waals surface area contributed by atoms with Crippen molar-refractivity contribution in [2.45, 2.75) is 19.4 Å². The van der Waals surface area contributed by atoms with Gasteiger partial charge in [-0.2, -0.15) is 0 Å². The van der Waals surface area contributed by atoms with E-state index in [2.05, 4.69) is 31.6 Å². The number of halogens is 3. The summed E-state index contributed by atoms with van der Waals surface area (Å²) in [5.74, 6) is 1.33. The van der Waals surface area contributed by atoms with Crippen molar-refractivity contribution in [1.82, 2.24) is 10.6 Å². The van der Waals surface area contributed by atoms with Crippen molar-refractivity contribution in [3.05, 3.63) is 34.1 Å². The Balaban J connectivity index is 0.00000180. The molecule has 0 amide bonds. The third-order valence-electron chi connectivity index (χ3n) is 2.93. The van der Waals surface area contributed by atoms with Gasteiger partial charge in [0.15, 0.2) is 5.96 Å². The van der Waals surface area contributed by atoms with Gasteiger partial charge in [0.05, 0.1) is 0 Å². The molecule has 2 N–H and O–H groups in total. The van der Waals surface area contributed by atoms with Crippen molar-refractivity contribution in [2.75, 3.05) is 13.6 Å². The van der Waals surface area contributed by atoms with Gasteiger partial charge in [0.2, 0.25) is 0 Å². The van der Waals surface area contributed by atoms with Crippen LogP contribution in [0.15, 0.2) is 27.7 Å². The van der Waals surface area contributed by atoms with Crippen molar-refractivity contribution in [2.24, 2.45) is 10.9 Å². The van der Waals surface area contributed by atoms with Gasteiger partial charge in [0.1, 0.15) is 5.82 Å². The molecule has 106 valence electrons. The van der Waals surface area contributed by atoms with Crippen LogP contribution in [0.4, 0.5) is 4.39 Å². The van der Waals surface area contributed by atoms with E-state index in [9.17, 15) is 4.39 Å². The summed E-state index contributed by atoms with van der Waals surface area (Å²) in [6.07, 6.45) is 2.61. The number of nitrogens with one attached hydrogen (secondary N) is 2. The highest BCUT2D eigenvalue weighted by Gasteiger charge is 2.21. The number of benzene rings is 1. The first-order valence-corrected chi connectivity index (χ1v) is 6.87. The minimum atomic E-state index is -0.226. The molecular formula is C13H18BrFIN3. The number of aliphatic imine (C=N–C) groups is 1. The summed E-state index contributed by atoms with van der Waals surface area (Å²) in [7, 11) is 1.74. The fraction of sp³-hybridized carbons (Fsp3) is 0.462. The zero-order valence-electron chi connectivity index (χ0n) is 10.7. The van der Waals surface area contributed by atoms with Gasteiger partial charge in [0.25, 0.3) is 0 Å². The second-order valence-electron chi connectivity index (χ2n) is 4.49. The standard InChI is InChI=1S/C13H17BrFN3.HI/c1-16-13(17-7-9-2-3-9)18-8-10-6-11(15)4-5-12(10)14;/h4-6,9H,2-3,7-8H2,1H3,(H2,16,17,18);1H. The van der Waals surface area contributed by atoms with Crippen molar-refractivity contribution in [3.63, 3.8) is 0 Å². The summed E-state index contributed by atoms with van der Waals surface area (Å²) < 4.78 is 14.0. The van der Waals surface area contributed by atoms with Crippen LogP contribution >= 0.6 is 39.9 Å². The highest BCUT2D eigenvalue weighted by Crippen LogP contribution is 2.27. The molecule has 2 rings (SSSR count). The van der Waals surface area contributed by atoms with Crippen LogP contribution in [0.3, 0.4) is 0 Å². The Kier molecular flexibility index (Phi) is 7.06. The average Bonchev–Trinajstić information content (AvgIpc) is 3.17. The molecule has 0 radical (unpaired) electrons. The van der Waals surface area contributed by atoms with Crippen LogP contribution in [0.1, 0.15) is 18.4 Å². The van der Waals surface area contributed by atoms with Gasteiger partial charge in [-0.3, -0.25) is 4.99 Å². The SMILES string of the molecule is CN=C(NCc1cc(F)ccc1Br)NCC1CC1.I. The molecule has 1 aliphatic rings. The maximum atomic E-state index is 13.1. The molecule has 1 aromatic carbocycles. The smallest absolute Gasteiger partial charge is 0.191 e. The molecule has 0 unspecified atom stereocenters. The lowest BCUT2D eigenvalue weighted by atomic mass is 10.2. The molecule has 19 heavy (non-hydrogen) atoms. The van der Waals surface area contributed by atoms with Gasteiger partial charge in [-0.05, 0) is 42.5 Å². The van der Waals surface area contributed by atoms with E-state index >= 15 is 0 Å². The Hall–Kier alpha value is -0.370. The molecule has 0 bridgehead atoms. The second kappa shape index (κ2) is 8.04. The lowest BCUT2D eigenvalue weighted by molar-refractivity contribution is 0.624. The zero-order chi connectivity index (χ0) is 13.0. The minimum absolute atomic E-state index is 0. The van der Waals surface area contributed by atoms with Crippen molar-refractivity contribution < 1.29 is 4.39 Å². The summed E-state index contributed by atoms with van der Waals surface area (Å²) in [6, 6.07) is 4.67. The van der Waals surface area contributed by atoms with E-state index in [1.807, 2.05) is 0 Å². The summed E-state index contributed by atoms with van der Waals surface area (Å²) in [5.41, 5.74) is 0.879. The molecule has 1 aromatic rings. The highest BCUT2D eigenvalue weighted by atomic mass is 127. The van der Waals surface area contributed by atoms with E-state index in [0.717, 1.165) is 28.5 Å². The topological polar surface area (TPSA) is 36.4 Å². The maximum Gasteiger partial charge on any atom is 0.191 e. The monoisotopic (exact) mass is 441 g/mol. The molecule has 0 atom stereocenters. The predicted octanol–water partition coefficient (Wildman–Crippen LogP) is 3.28. The molecule has 1 saturated carbocycles. The minimum Gasteiger partial charge on any atom is -0.356 e. The molecule has 0 spiro atoms. The molecule has 0 aliphatic heterocycles. The first-order valence-electron chi connectivity index (χ1n) is 6.07. The Labute approximate surface area is 138 Å². The fourth-order valence-corrected chi connectivity index (χ4v) is 2.03. The number of nitrogens with zero attached hydrogens (tertiary/aromatic N) is 1. The number of hydrogen-bond acceptors (Lipinski definition) is 1. The summed E-state index contributed by atoms with van der Waals surface area (Å²) in [6.45, 7) is 1.51. The van der Waals surface area contributed by atoms with Crippen molar-refractivity contribution >= 4 is 45.9 Å². The van der Waals surface area contributed by atoms with E-state index in [1.165, 1.54) is 25.0 Å². The molecule has 1 fully saturated rings. The highest BCUT2D eigenvalue weighted by molar-refractivity contribution is 14.0. The van der Waals surface area contributed by atoms with E-state index in [0.29, 0.717) is 6.54 Å². The number of hydrogen-bond donors (Lipinski definition) is 2. The van der Waals surface area contributed by atoms with Crippen LogP contribution in [0, 0.1) is 11.7 Å². The lowest BCUT2D eigenvalue weighted by Crippen LogP contribution is -2.37. The molecule has 6 heteroatoms. The van der Waals surface area contributed by atoms with E-state index in [1.54, 1.807) is 13.1 Å². The Morgan fingerprint density at radius 1 is 1.42 bits per heavy atom. The number of rotatable bonds is 4. The molecule has 1 aliphatic carbocycles. The third-order valence-corrected chi connectivity index (χ3v) is 3.71. The first kappa shape index (κ1) is 16.7. The van der Waals surface area contributed by atoms with E-state index in [-0.39, 0.29) is 29.8 Å². The Morgan fingerprint density at radius 2 is 2.16 bits per heavy atom. The van der Waals surface area contributed by atoms with Crippen molar-refractivity contribution in [1.29, 1.82) is 0 Å². The zero-order valence-corrected chi connectivity index (χ0v) is 14.7. The quantitative estimate of drug-likeness (QED) is 0.427. The number of guanidine groups is 1. The van der Waals surface area contributed by atoms with Gasteiger partial charge < -0.3 is 10.6 Å². The van der Waals surface area contributed by atoms with Gasteiger partial charge in [-0.25, -0.2) is 4.39 Å². The summed E-state index contributed by atoms with van der Waals surface area (Å²) >= 11 is 3.41. The second-order valence-corrected chi connectivity index (χ2v) is 5.34. The van der Waals surface area contributed by atoms with Crippen LogP contribution in [0.5, 0.6) is 0 Å². The predicted molar refractivity (Wildman–Crippen MR) is 90.4 cm³/mol. The van der Waals surface area contributed by atoms with Gasteiger partial charge in [-0.1, -0.05) is 15.9 Å². The fourth-order valence-electron chi connectivity index (χ4n) is 1.64. The maximum absolute atomic E-state index is 13.1. The third kappa shape index (κ3) is 5.64.